The molecule has 0 bridgehead atoms. The Labute approximate surface area is 292 Å². The number of imidazole rings is 1. The molecule has 0 amide bonds. The Hall–Kier alpha value is -6.54. The van der Waals surface area contributed by atoms with Crippen LogP contribution in [0.15, 0.2) is 164 Å². The third-order valence-corrected chi connectivity index (χ3v) is 11.0. The Kier molecular flexibility index (Phi) is 6.42. The summed E-state index contributed by atoms with van der Waals surface area (Å²) in [6.07, 6.45) is 0. The molecular weight excluding hydrogens is 627 g/mol. The first kappa shape index (κ1) is 28.5. The molecule has 0 atom stereocenters. The van der Waals surface area contributed by atoms with Crippen molar-refractivity contribution in [1.82, 2.24) is 9.38 Å². The Morgan fingerprint density at radius 1 is 0.500 bits per heavy atom. The number of benzene rings is 7. The Morgan fingerprint density at radius 3 is 1.58 bits per heavy atom. The van der Waals surface area contributed by atoms with E-state index in [2.05, 4.69) is 150 Å². The average molecular weight is 654 g/mol. The molecule has 0 saturated carbocycles. The maximum absolute atomic E-state index is 9.10. The molecule has 0 fully saturated rings. The van der Waals surface area contributed by atoms with Crippen molar-refractivity contribution in [3.8, 4) is 50.7 Å². The lowest BCUT2D eigenvalue weighted by molar-refractivity contribution is 1.25. The van der Waals surface area contributed by atoms with Crippen LogP contribution in [0.5, 0.6) is 0 Å². The van der Waals surface area contributed by atoms with Gasteiger partial charge in [-0.3, -0.25) is 4.40 Å². The topological polar surface area (TPSA) is 41.1 Å². The fraction of sp³-hybridized carbons (Fsp3) is 0. The lowest BCUT2D eigenvalue weighted by Crippen LogP contribution is -1.93. The van der Waals surface area contributed by atoms with Crippen molar-refractivity contribution in [3.63, 3.8) is 0 Å². The fourth-order valence-electron chi connectivity index (χ4n) is 7.23. The number of hydrogen-bond acceptors (Lipinski definition) is 3. The second-order valence-electron chi connectivity index (χ2n) is 12.8. The molecule has 0 saturated heterocycles. The summed E-state index contributed by atoms with van der Waals surface area (Å²) in [6.45, 7) is 0. The van der Waals surface area contributed by atoms with Crippen LogP contribution in [0.3, 0.4) is 0 Å². The minimum absolute atomic E-state index is 0.673. The van der Waals surface area contributed by atoms with Crippen molar-refractivity contribution in [2.75, 3.05) is 0 Å². The van der Waals surface area contributed by atoms with Crippen LogP contribution in [-0.2, 0) is 0 Å². The number of hydrogen-bond donors (Lipinski definition) is 0. The van der Waals surface area contributed by atoms with Crippen LogP contribution in [0.25, 0.3) is 92.3 Å². The van der Waals surface area contributed by atoms with Gasteiger partial charge in [0.2, 0.25) is 0 Å². The summed E-state index contributed by atoms with van der Waals surface area (Å²) in [5.74, 6) is 0. The van der Waals surface area contributed by atoms with E-state index in [1.54, 1.807) is 0 Å². The summed E-state index contributed by atoms with van der Waals surface area (Å²) in [5.41, 5.74) is 13.0. The molecule has 3 nitrogen and oxygen atoms in total. The monoisotopic (exact) mass is 653 g/mol. The van der Waals surface area contributed by atoms with Crippen LogP contribution in [-0.4, -0.2) is 9.38 Å². The molecule has 0 radical (unpaired) electrons. The predicted octanol–water partition coefficient (Wildman–Crippen LogP) is 12.5. The van der Waals surface area contributed by atoms with Gasteiger partial charge in [0.1, 0.15) is 0 Å². The SMILES string of the molecule is N#Cc1ccc(-c2ccc(-c3ccc(-c4ccc(-c5cc6c7cc8ccccc8cc7sc6c6nc7ccccc7n56)cc4)cc3)cc2)cc1. The van der Waals surface area contributed by atoms with E-state index in [0.29, 0.717) is 5.56 Å². The standard InChI is InChI=1S/C46H27N3S/c47-28-29-9-11-30(12-10-29)31-13-15-32(16-14-31)33-17-19-34(20-18-33)35-21-23-36(24-22-35)43-27-40-39-25-37-5-1-2-6-38(37)26-44(39)50-45(40)46-48-41-7-3-4-8-42(41)49(43)46/h1-27H. The lowest BCUT2D eigenvalue weighted by Gasteiger charge is -2.11. The highest BCUT2D eigenvalue weighted by atomic mass is 32.1. The van der Waals surface area contributed by atoms with E-state index in [-0.39, 0.29) is 0 Å². The van der Waals surface area contributed by atoms with Crippen LogP contribution in [0.4, 0.5) is 0 Å². The van der Waals surface area contributed by atoms with Gasteiger partial charge in [-0.25, -0.2) is 4.98 Å². The smallest absolute Gasteiger partial charge is 0.156 e. The third kappa shape index (κ3) is 4.60. The predicted molar refractivity (Wildman–Crippen MR) is 210 cm³/mol. The zero-order valence-electron chi connectivity index (χ0n) is 26.8. The first-order chi connectivity index (χ1) is 24.7. The Bertz CT molecular complexity index is 2940. The third-order valence-electron chi connectivity index (χ3n) is 9.85. The second kappa shape index (κ2) is 11.3. The zero-order valence-corrected chi connectivity index (χ0v) is 27.7. The highest BCUT2D eigenvalue weighted by molar-refractivity contribution is 7.26. The number of aromatic nitrogens is 2. The number of para-hydroxylation sites is 2. The molecule has 0 N–H and O–H groups in total. The minimum atomic E-state index is 0.673. The highest BCUT2D eigenvalue weighted by Gasteiger charge is 2.18. The van der Waals surface area contributed by atoms with Crippen LogP contribution in [0.1, 0.15) is 5.56 Å². The Balaban J connectivity index is 1.02. The van der Waals surface area contributed by atoms with Crippen molar-refractivity contribution in [2.24, 2.45) is 0 Å². The van der Waals surface area contributed by atoms with Gasteiger partial charge in [-0.15, -0.1) is 11.3 Å². The van der Waals surface area contributed by atoms with Gasteiger partial charge in [-0.2, -0.15) is 5.26 Å². The summed E-state index contributed by atoms with van der Waals surface area (Å²) < 4.78 is 4.84. The quantitative estimate of drug-likeness (QED) is 0.190. The molecule has 10 rings (SSSR count). The summed E-state index contributed by atoms with van der Waals surface area (Å²) in [6, 6.07) is 60.3. The van der Waals surface area contributed by atoms with Gasteiger partial charge in [0, 0.05) is 15.5 Å². The van der Waals surface area contributed by atoms with E-state index in [0.717, 1.165) is 39.1 Å². The van der Waals surface area contributed by atoms with Gasteiger partial charge in [0.25, 0.3) is 0 Å². The average Bonchev–Trinajstić information content (AvgIpc) is 3.75. The van der Waals surface area contributed by atoms with Crippen molar-refractivity contribution >= 4 is 59.0 Å². The zero-order chi connectivity index (χ0) is 33.2. The molecule has 3 heterocycles. The van der Waals surface area contributed by atoms with Gasteiger partial charge in [0.15, 0.2) is 5.65 Å². The van der Waals surface area contributed by atoms with Gasteiger partial charge in [-0.05, 0) is 92.2 Å². The van der Waals surface area contributed by atoms with E-state index in [4.69, 9.17) is 10.2 Å². The van der Waals surface area contributed by atoms with Crippen molar-refractivity contribution in [3.05, 3.63) is 169 Å². The van der Waals surface area contributed by atoms with Crippen molar-refractivity contribution in [1.29, 1.82) is 5.26 Å². The molecule has 0 aliphatic carbocycles. The molecule has 0 spiro atoms. The fourth-order valence-corrected chi connectivity index (χ4v) is 8.42. The molecule has 0 aliphatic heterocycles. The highest BCUT2D eigenvalue weighted by Crippen LogP contribution is 2.42. The van der Waals surface area contributed by atoms with Crippen LogP contribution >= 0.6 is 11.3 Å². The van der Waals surface area contributed by atoms with Crippen molar-refractivity contribution in [2.45, 2.75) is 0 Å². The van der Waals surface area contributed by atoms with Crippen molar-refractivity contribution < 1.29 is 0 Å². The van der Waals surface area contributed by atoms with Crippen LogP contribution in [0.2, 0.25) is 0 Å². The number of nitrogens with zero attached hydrogens (tertiary/aromatic N) is 3. The number of nitriles is 1. The molecule has 0 unspecified atom stereocenters. The van der Waals surface area contributed by atoms with E-state index in [1.807, 2.05) is 35.6 Å². The molecule has 0 aliphatic rings. The van der Waals surface area contributed by atoms with Gasteiger partial charge >= 0.3 is 0 Å². The van der Waals surface area contributed by atoms with E-state index < -0.39 is 0 Å². The number of fused-ring (bicyclic) bond motifs is 8. The maximum atomic E-state index is 9.10. The van der Waals surface area contributed by atoms with Crippen LogP contribution < -0.4 is 0 Å². The van der Waals surface area contributed by atoms with Gasteiger partial charge in [0.05, 0.1) is 33.1 Å². The first-order valence-electron chi connectivity index (χ1n) is 16.7. The second-order valence-corrected chi connectivity index (χ2v) is 13.8. The summed E-state index contributed by atoms with van der Waals surface area (Å²) in [7, 11) is 0. The van der Waals surface area contributed by atoms with E-state index in [9.17, 15) is 0 Å². The summed E-state index contributed by atoms with van der Waals surface area (Å²) in [5, 5.41) is 14.1. The number of pyridine rings is 1. The molecule has 10 aromatic rings. The maximum Gasteiger partial charge on any atom is 0.156 e. The molecule has 50 heavy (non-hydrogen) atoms. The van der Waals surface area contributed by atoms with E-state index >= 15 is 0 Å². The molecule has 3 aromatic heterocycles. The largest absolute Gasteiger partial charge is 0.291 e. The lowest BCUT2D eigenvalue weighted by atomic mass is 9.97. The first-order valence-corrected chi connectivity index (χ1v) is 17.5. The summed E-state index contributed by atoms with van der Waals surface area (Å²) >= 11 is 1.83. The van der Waals surface area contributed by atoms with Crippen LogP contribution in [0, 0.1) is 11.3 Å². The Morgan fingerprint density at radius 2 is 1.00 bits per heavy atom. The number of thiophene rings is 1. The van der Waals surface area contributed by atoms with Gasteiger partial charge in [-0.1, -0.05) is 121 Å². The minimum Gasteiger partial charge on any atom is -0.291 e. The number of rotatable bonds is 4. The van der Waals surface area contributed by atoms with E-state index in [1.165, 1.54) is 53.2 Å². The normalized spacial score (nSPS) is 11.6. The molecule has 4 heteroatoms. The van der Waals surface area contributed by atoms with Gasteiger partial charge < -0.3 is 0 Å². The summed E-state index contributed by atoms with van der Waals surface area (Å²) in [4.78, 5) is 5.18. The molecule has 232 valence electrons. The molecular formula is C46H27N3S. The molecule has 7 aromatic carbocycles.